The largest absolute Gasteiger partial charge is 0.503 e. The molecule has 0 bridgehead atoms. The second-order valence-corrected chi connectivity index (χ2v) is 12.0. The first-order valence-corrected chi connectivity index (χ1v) is 14.8. The number of nitrogens with one attached hydrogen (secondary N) is 2. The molecule has 2 atom stereocenters. The highest BCUT2D eigenvalue weighted by Crippen LogP contribution is 2.24. The van der Waals surface area contributed by atoms with Crippen LogP contribution in [-0.4, -0.2) is 106 Å². The Morgan fingerprint density at radius 2 is 1.91 bits per heavy atom. The van der Waals surface area contributed by atoms with Crippen molar-refractivity contribution in [3.8, 4) is 17.3 Å². The summed E-state index contributed by atoms with van der Waals surface area (Å²) in [5.41, 5.74) is 1.37. The van der Waals surface area contributed by atoms with Gasteiger partial charge in [0, 0.05) is 24.2 Å². The van der Waals surface area contributed by atoms with Gasteiger partial charge in [-0.2, -0.15) is 13.1 Å². The zero-order chi connectivity index (χ0) is 34.1. The fourth-order valence-electron chi connectivity index (χ4n) is 3.75. The van der Waals surface area contributed by atoms with Gasteiger partial charge in [0.1, 0.15) is 23.1 Å². The summed E-state index contributed by atoms with van der Waals surface area (Å²) in [6.07, 6.45) is 1.77. The van der Waals surface area contributed by atoms with Crippen LogP contribution in [0.1, 0.15) is 30.0 Å². The number of carboxylic acid groups (broad SMARTS) is 1. The number of hydrogen-bond acceptors (Lipinski definition) is 16. The van der Waals surface area contributed by atoms with Gasteiger partial charge in [-0.15, -0.1) is 11.3 Å². The van der Waals surface area contributed by atoms with E-state index in [4.69, 9.17) is 10.6 Å². The maximum Gasteiger partial charge on any atom is 0.362 e. The maximum atomic E-state index is 13.2. The third-order valence-electron chi connectivity index (χ3n) is 6.16. The Kier molecular flexibility index (Phi) is 8.93. The van der Waals surface area contributed by atoms with Crippen LogP contribution in [0, 0.1) is 0 Å². The third-order valence-corrected chi connectivity index (χ3v) is 7.79. The number of carboxylic acids is 1. The molecule has 1 aliphatic heterocycles. The lowest BCUT2D eigenvalue weighted by Crippen LogP contribution is -2.74. The fourth-order valence-corrected chi connectivity index (χ4v) is 5.17. The van der Waals surface area contributed by atoms with Crippen molar-refractivity contribution in [1.82, 2.24) is 34.6 Å². The van der Waals surface area contributed by atoms with E-state index in [1.54, 1.807) is 0 Å². The van der Waals surface area contributed by atoms with Crippen LogP contribution in [-0.2, 0) is 29.5 Å². The molecule has 0 aromatic carbocycles. The summed E-state index contributed by atoms with van der Waals surface area (Å²) < 4.78 is 33.8. The number of aromatic hydroxyl groups is 1. The maximum absolute atomic E-state index is 13.2. The van der Waals surface area contributed by atoms with Crippen LogP contribution in [0.3, 0.4) is 0 Å². The number of oxime groups is 1. The van der Waals surface area contributed by atoms with Crippen molar-refractivity contribution < 1.29 is 52.4 Å². The zero-order valence-electron chi connectivity index (χ0n) is 23.4. The topological polar surface area (TPSA) is 319 Å². The molecule has 0 unspecified atom stereocenters. The minimum atomic E-state index is -5.18. The van der Waals surface area contributed by atoms with Crippen LogP contribution < -0.4 is 21.8 Å². The van der Waals surface area contributed by atoms with Gasteiger partial charge in [0.05, 0.1) is 12.2 Å². The van der Waals surface area contributed by atoms with E-state index in [0.717, 1.165) is 43.5 Å². The first kappa shape index (κ1) is 33.2. The van der Waals surface area contributed by atoms with Gasteiger partial charge in [0.25, 0.3) is 17.7 Å². The van der Waals surface area contributed by atoms with Crippen LogP contribution >= 0.6 is 11.3 Å². The summed E-state index contributed by atoms with van der Waals surface area (Å²) in [4.78, 5) is 78.7. The van der Waals surface area contributed by atoms with E-state index in [9.17, 15) is 52.4 Å². The molecule has 244 valence electrons. The van der Waals surface area contributed by atoms with Crippen LogP contribution in [0.5, 0.6) is 5.75 Å². The molecule has 8 N–H and O–H groups in total. The molecule has 46 heavy (non-hydrogen) atoms. The molecule has 1 aliphatic rings. The number of nitrogen functional groups attached to an aromatic ring is 1. The summed E-state index contributed by atoms with van der Waals surface area (Å²) in [5, 5.41) is 38.1. The number of anilines is 1. The molecule has 3 amide bonds. The van der Waals surface area contributed by atoms with Crippen molar-refractivity contribution >= 4 is 56.2 Å². The molecule has 3 aromatic heterocycles. The highest BCUT2D eigenvalue weighted by Gasteiger charge is 2.54. The molecule has 1 fully saturated rings. The van der Waals surface area contributed by atoms with E-state index < -0.39 is 75.1 Å². The molecule has 3 aromatic rings. The lowest BCUT2D eigenvalue weighted by Gasteiger charge is -2.44. The Bertz CT molecular complexity index is 1940. The molecular formula is C23H23N9O12S2. The van der Waals surface area contributed by atoms with Crippen LogP contribution in [0.15, 0.2) is 39.9 Å². The van der Waals surface area contributed by atoms with E-state index in [2.05, 4.69) is 30.7 Å². The van der Waals surface area contributed by atoms with Crippen LogP contribution in [0.4, 0.5) is 5.13 Å². The van der Waals surface area contributed by atoms with Gasteiger partial charge in [-0.1, -0.05) is 5.16 Å². The lowest BCUT2D eigenvalue weighted by molar-refractivity contribution is -0.161. The van der Waals surface area contributed by atoms with Gasteiger partial charge in [0.2, 0.25) is 11.0 Å². The van der Waals surface area contributed by atoms with Gasteiger partial charge >= 0.3 is 16.3 Å². The smallest absolute Gasteiger partial charge is 0.362 e. The number of aromatic nitrogens is 4. The summed E-state index contributed by atoms with van der Waals surface area (Å²) in [6.45, 7) is 1.59. The van der Waals surface area contributed by atoms with Crippen molar-refractivity contribution in [1.29, 1.82) is 0 Å². The minimum Gasteiger partial charge on any atom is -0.503 e. The predicted molar refractivity (Wildman–Crippen MR) is 153 cm³/mol. The average molecular weight is 682 g/mol. The highest BCUT2D eigenvalue weighted by molar-refractivity contribution is 7.84. The average Bonchev–Trinajstić information content (AvgIpc) is 3.40. The van der Waals surface area contributed by atoms with Gasteiger partial charge in [-0.05, 0) is 19.9 Å². The summed E-state index contributed by atoms with van der Waals surface area (Å²) in [7, 11) is -5.18. The fraction of sp³-hybridized carbons (Fsp3) is 0.261. The number of amides is 3. The number of carbonyl (C=O) groups excluding carboxylic acids is 3. The van der Waals surface area contributed by atoms with Crippen LogP contribution in [0.25, 0.3) is 11.5 Å². The SMILES string of the molecule is CC(C)(O/N=C(\C(=O)N[C@@H]1C(=O)N(S(=O)(=O)O)[C@@H]1CNC(=O)c1ccnc(-c2cc(=O)c(O)cn2O)n1)c1csc(N)n1)C(=O)O. The van der Waals surface area contributed by atoms with E-state index in [-0.39, 0.29) is 32.3 Å². The molecule has 4 heterocycles. The zero-order valence-corrected chi connectivity index (χ0v) is 25.0. The van der Waals surface area contributed by atoms with E-state index in [1.165, 1.54) is 5.38 Å². The molecule has 0 spiro atoms. The normalized spacial score (nSPS) is 16.8. The number of thiazole rings is 1. The van der Waals surface area contributed by atoms with Gasteiger partial charge in [-0.25, -0.2) is 24.1 Å². The Balaban J connectivity index is 1.56. The number of nitrogens with two attached hydrogens (primary N) is 1. The molecule has 1 saturated heterocycles. The Labute approximate surface area is 260 Å². The third kappa shape index (κ3) is 6.84. The van der Waals surface area contributed by atoms with E-state index in [1.807, 2.05) is 0 Å². The lowest BCUT2D eigenvalue weighted by atomic mass is 9.98. The second kappa shape index (κ2) is 12.4. The second-order valence-electron chi connectivity index (χ2n) is 9.78. The minimum absolute atomic E-state index is 0.00617. The van der Waals surface area contributed by atoms with Crippen molar-refractivity contribution in [2.45, 2.75) is 31.5 Å². The number of nitrogens with zero attached hydrogens (tertiary/aromatic N) is 6. The molecule has 4 rings (SSSR count). The van der Waals surface area contributed by atoms with Gasteiger partial charge in [-0.3, -0.25) is 23.7 Å². The molecule has 0 saturated carbocycles. The van der Waals surface area contributed by atoms with Crippen molar-refractivity contribution in [2.24, 2.45) is 5.16 Å². The number of β-lactam (4-membered cyclic amide) rings is 1. The number of aliphatic carboxylic acids is 1. The monoisotopic (exact) mass is 681 g/mol. The standard InChI is InChI=1S/C23H23N9O12S2/c1-23(2,21(38)39)44-30-15(10-8-45-22(24)28-10)19(36)29-16-12(32(20(16)37)46(41,42)43)6-26-18(35)9-3-4-25-17(27-9)11-5-13(33)14(34)7-31(11)40/h3-5,7-8,12,16,34,40H,6H2,1-2H3,(H2,24,28)(H,26,35)(H,29,36)(H,38,39)(H,41,42,43)/b30-15-/t12-,16+/m1/s1. The summed E-state index contributed by atoms with van der Waals surface area (Å²) >= 11 is 0.891. The predicted octanol–water partition coefficient (Wildman–Crippen LogP) is -2.20. The number of hydrogen-bond donors (Lipinski definition) is 7. The van der Waals surface area contributed by atoms with Gasteiger partial charge in [0.15, 0.2) is 22.4 Å². The highest BCUT2D eigenvalue weighted by atomic mass is 32.2. The van der Waals surface area contributed by atoms with Gasteiger partial charge < -0.3 is 36.6 Å². The Morgan fingerprint density at radius 1 is 1.22 bits per heavy atom. The first-order valence-electron chi connectivity index (χ1n) is 12.5. The first-order chi connectivity index (χ1) is 21.4. The quantitative estimate of drug-likeness (QED) is 0.0371. The Hall–Kier alpha value is -5.68. The van der Waals surface area contributed by atoms with E-state index >= 15 is 0 Å². The Morgan fingerprint density at radius 3 is 2.52 bits per heavy atom. The van der Waals surface area contributed by atoms with E-state index in [0.29, 0.717) is 10.9 Å². The van der Waals surface area contributed by atoms with Crippen molar-refractivity contribution in [2.75, 3.05) is 12.3 Å². The molecular weight excluding hydrogens is 658 g/mol. The number of pyridine rings is 1. The molecule has 0 aliphatic carbocycles. The molecule has 21 nitrogen and oxygen atoms in total. The van der Waals surface area contributed by atoms with Crippen LogP contribution in [0.2, 0.25) is 0 Å². The number of carbonyl (C=O) groups is 4. The molecule has 23 heteroatoms. The van der Waals surface area contributed by atoms with Crippen molar-refractivity contribution in [3.05, 3.63) is 51.5 Å². The molecule has 0 radical (unpaired) electrons. The number of rotatable bonds is 11. The van der Waals surface area contributed by atoms with Crippen molar-refractivity contribution in [3.63, 3.8) is 0 Å². The summed E-state index contributed by atoms with van der Waals surface area (Å²) in [6, 6.07) is -1.35. The summed E-state index contributed by atoms with van der Waals surface area (Å²) in [5.74, 6) is -5.98.